The number of rotatable bonds is 6. The zero-order valence-corrected chi connectivity index (χ0v) is 13.9. The second kappa shape index (κ2) is 8.18. The highest BCUT2D eigenvalue weighted by molar-refractivity contribution is 9.10. The normalized spacial score (nSPS) is 19.4. The van der Waals surface area contributed by atoms with Crippen molar-refractivity contribution in [1.29, 1.82) is 0 Å². The van der Waals surface area contributed by atoms with Crippen LogP contribution in [0.15, 0.2) is 22.7 Å². The summed E-state index contributed by atoms with van der Waals surface area (Å²) in [7, 11) is 0. The van der Waals surface area contributed by atoms with Gasteiger partial charge in [0.1, 0.15) is 5.75 Å². The first-order valence-electron chi connectivity index (χ1n) is 7.02. The monoisotopic (exact) mass is 343 g/mol. The van der Waals surface area contributed by atoms with Crippen molar-refractivity contribution >= 4 is 27.7 Å². The van der Waals surface area contributed by atoms with Gasteiger partial charge in [-0.1, -0.05) is 22.9 Å². The molecule has 1 heterocycles. The van der Waals surface area contributed by atoms with Crippen LogP contribution in [-0.4, -0.2) is 24.2 Å². The molecule has 0 spiro atoms. The van der Waals surface area contributed by atoms with Gasteiger partial charge in [-0.05, 0) is 43.2 Å². The molecule has 2 nitrogen and oxygen atoms in total. The molecule has 19 heavy (non-hydrogen) atoms. The van der Waals surface area contributed by atoms with Crippen molar-refractivity contribution in [2.45, 2.75) is 38.8 Å². The molecule has 0 aliphatic carbocycles. The third kappa shape index (κ3) is 5.01. The molecule has 2 rings (SSSR count). The summed E-state index contributed by atoms with van der Waals surface area (Å²) in [4.78, 5) is 0. The van der Waals surface area contributed by atoms with E-state index in [9.17, 15) is 0 Å². The molecule has 1 saturated heterocycles. The number of hydrogen-bond donors (Lipinski definition) is 1. The van der Waals surface area contributed by atoms with E-state index in [1.165, 1.54) is 29.9 Å². The van der Waals surface area contributed by atoms with Gasteiger partial charge in [0.2, 0.25) is 0 Å². The Morgan fingerprint density at radius 2 is 2.37 bits per heavy atom. The highest BCUT2D eigenvalue weighted by Gasteiger charge is 2.14. The van der Waals surface area contributed by atoms with Crippen LogP contribution in [0.4, 0.5) is 0 Å². The lowest BCUT2D eigenvalue weighted by atomic mass is 10.1. The van der Waals surface area contributed by atoms with Gasteiger partial charge in [-0.2, -0.15) is 11.8 Å². The zero-order chi connectivity index (χ0) is 13.5. The van der Waals surface area contributed by atoms with Gasteiger partial charge < -0.3 is 10.1 Å². The van der Waals surface area contributed by atoms with Crippen molar-refractivity contribution in [2.24, 2.45) is 0 Å². The summed E-state index contributed by atoms with van der Waals surface area (Å²) in [6, 6.07) is 6.92. The molecule has 0 radical (unpaired) electrons. The molecule has 1 unspecified atom stereocenters. The molecular weight excluding hydrogens is 322 g/mol. The van der Waals surface area contributed by atoms with Gasteiger partial charge >= 0.3 is 0 Å². The fraction of sp³-hybridized carbons (Fsp3) is 0.600. The summed E-state index contributed by atoms with van der Waals surface area (Å²) in [6.45, 7) is 3.81. The highest BCUT2D eigenvalue weighted by atomic mass is 79.9. The van der Waals surface area contributed by atoms with Crippen molar-refractivity contribution in [3.05, 3.63) is 28.2 Å². The Labute approximate surface area is 128 Å². The molecule has 1 aromatic rings. The fourth-order valence-corrected chi connectivity index (χ4v) is 3.71. The molecule has 0 saturated carbocycles. The standard InChI is InChI=1S/C15H22BrNOS/c1-2-7-18-15-6-5-13(16)9-12(15)10-17-14-4-3-8-19-11-14/h5-6,9,14,17H,2-4,7-8,10-11H2,1H3. The summed E-state index contributed by atoms with van der Waals surface area (Å²) in [6.07, 6.45) is 3.67. The number of hydrogen-bond acceptors (Lipinski definition) is 3. The molecule has 1 atom stereocenters. The molecule has 1 aliphatic heterocycles. The molecule has 4 heteroatoms. The average molecular weight is 344 g/mol. The van der Waals surface area contributed by atoms with Crippen molar-refractivity contribution in [2.75, 3.05) is 18.1 Å². The van der Waals surface area contributed by atoms with Crippen molar-refractivity contribution < 1.29 is 4.74 Å². The molecule has 1 aliphatic rings. The molecule has 0 amide bonds. The minimum absolute atomic E-state index is 0.650. The lowest BCUT2D eigenvalue weighted by molar-refractivity contribution is 0.312. The fourth-order valence-electron chi connectivity index (χ4n) is 2.20. The average Bonchev–Trinajstić information content (AvgIpc) is 2.45. The Morgan fingerprint density at radius 3 is 3.11 bits per heavy atom. The third-order valence-electron chi connectivity index (χ3n) is 3.23. The van der Waals surface area contributed by atoms with Gasteiger partial charge in [-0.3, -0.25) is 0 Å². The van der Waals surface area contributed by atoms with Crippen LogP contribution >= 0.6 is 27.7 Å². The highest BCUT2D eigenvalue weighted by Crippen LogP contribution is 2.24. The molecule has 1 N–H and O–H groups in total. The van der Waals surface area contributed by atoms with E-state index in [2.05, 4.69) is 52.1 Å². The molecule has 1 fully saturated rings. The van der Waals surface area contributed by atoms with E-state index in [0.717, 1.165) is 29.8 Å². The summed E-state index contributed by atoms with van der Waals surface area (Å²) in [5.41, 5.74) is 1.25. The van der Waals surface area contributed by atoms with Crippen LogP contribution in [0.25, 0.3) is 0 Å². The SMILES string of the molecule is CCCOc1ccc(Br)cc1CNC1CCCSC1. The first-order valence-corrected chi connectivity index (χ1v) is 8.96. The van der Waals surface area contributed by atoms with Crippen LogP contribution in [-0.2, 0) is 6.54 Å². The minimum atomic E-state index is 0.650. The molecule has 106 valence electrons. The van der Waals surface area contributed by atoms with E-state index >= 15 is 0 Å². The van der Waals surface area contributed by atoms with Gasteiger partial charge in [0.15, 0.2) is 0 Å². The first kappa shape index (κ1) is 15.2. The summed E-state index contributed by atoms with van der Waals surface area (Å²) < 4.78 is 6.93. The molecule has 0 aromatic heterocycles. The van der Waals surface area contributed by atoms with Crippen molar-refractivity contribution in [1.82, 2.24) is 5.32 Å². The number of ether oxygens (including phenoxy) is 1. The Hall–Kier alpha value is -0.190. The van der Waals surface area contributed by atoms with Crippen molar-refractivity contribution in [3.63, 3.8) is 0 Å². The van der Waals surface area contributed by atoms with E-state index in [4.69, 9.17) is 4.74 Å². The van der Waals surface area contributed by atoms with Crippen LogP contribution in [0.2, 0.25) is 0 Å². The van der Waals surface area contributed by atoms with Crippen LogP contribution in [0.3, 0.4) is 0 Å². The third-order valence-corrected chi connectivity index (χ3v) is 4.93. The maximum Gasteiger partial charge on any atom is 0.123 e. The molecule has 1 aromatic carbocycles. The molecule has 0 bridgehead atoms. The summed E-state index contributed by atoms with van der Waals surface area (Å²) >= 11 is 5.60. The maximum absolute atomic E-state index is 5.82. The van der Waals surface area contributed by atoms with Gasteiger partial charge in [0.05, 0.1) is 6.61 Å². The number of halogens is 1. The minimum Gasteiger partial charge on any atom is -0.493 e. The maximum atomic E-state index is 5.82. The second-order valence-electron chi connectivity index (χ2n) is 4.90. The predicted octanol–water partition coefficient (Wildman–Crippen LogP) is 4.22. The van der Waals surface area contributed by atoms with E-state index in [0.29, 0.717) is 6.04 Å². The zero-order valence-electron chi connectivity index (χ0n) is 11.5. The number of benzene rings is 1. The quantitative estimate of drug-likeness (QED) is 0.835. The van der Waals surface area contributed by atoms with Gasteiger partial charge in [-0.15, -0.1) is 0 Å². The lowest BCUT2D eigenvalue weighted by Crippen LogP contribution is -2.33. The largest absolute Gasteiger partial charge is 0.493 e. The second-order valence-corrected chi connectivity index (χ2v) is 6.96. The van der Waals surface area contributed by atoms with Gasteiger partial charge in [-0.25, -0.2) is 0 Å². The van der Waals surface area contributed by atoms with Crippen molar-refractivity contribution in [3.8, 4) is 5.75 Å². The van der Waals surface area contributed by atoms with Crippen LogP contribution in [0.5, 0.6) is 5.75 Å². The Balaban J connectivity index is 1.94. The Bertz CT molecular complexity index is 394. The summed E-state index contributed by atoms with van der Waals surface area (Å²) in [5.74, 6) is 3.57. The van der Waals surface area contributed by atoms with Crippen LogP contribution in [0.1, 0.15) is 31.7 Å². The van der Waals surface area contributed by atoms with E-state index in [-0.39, 0.29) is 0 Å². The molecular formula is C15H22BrNOS. The number of thioether (sulfide) groups is 1. The summed E-state index contributed by atoms with van der Waals surface area (Å²) in [5, 5.41) is 3.66. The van der Waals surface area contributed by atoms with Gasteiger partial charge in [0, 0.05) is 28.4 Å². The van der Waals surface area contributed by atoms with Crippen LogP contribution < -0.4 is 10.1 Å². The van der Waals surface area contributed by atoms with E-state index in [1.54, 1.807) is 0 Å². The van der Waals surface area contributed by atoms with Gasteiger partial charge in [0.25, 0.3) is 0 Å². The Morgan fingerprint density at radius 1 is 1.47 bits per heavy atom. The topological polar surface area (TPSA) is 21.3 Å². The smallest absolute Gasteiger partial charge is 0.123 e. The number of nitrogens with one attached hydrogen (secondary N) is 1. The first-order chi connectivity index (χ1) is 9.29. The van der Waals surface area contributed by atoms with Crippen LogP contribution in [0, 0.1) is 0 Å². The van der Waals surface area contributed by atoms with E-state index in [1.807, 2.05) is 6.07 Å². The predicted molar refractivity (Wildman–Crippen MR) is 87.1 cm³/mol. The van der Waals surface area contributed by atoms with E-state index < -0.39 is 0 Å². The lowest BCUT2D eigenvalue weighted by Gasteiger charge is -2.23. The Kier molecular flexibility index (Phi) is 6.54.